The lowest BCUT2D eigenvalue weighted by molar-refractivity contribution is -0.118. The van der Waals surface area contributed by atoms with Gasteiger partial charge >= 0.3 is 0 Å². The Hall–Kier alpha value is -0.590. The molecule has 0 saturated heterocycles. The first kappa shape index (κ1) is 12.4. The lowest BCUT2D eigenvalue weighted by Gasteiger charge is -2.12. The molecular formula is C12H22O. The molecule has 0 N–H and O–H groups in total. The minimum Gasteiger partial charge on any atom is -0.294 e. The Bertz CT molecular complexity index is 193. The van der Waals surface area contributed by atoms with Crippen molar-refractivity contribution in [3.63, 3.8) is 0 Å². The summed E-state index contributed by atoms with van der Waals surface area (Å²) < 4.78 is 0. The molecule has 0 fully saturated rings. The molecule has 0 aliphatic carbocycles. The minimum atomic E-state index is 0.142. The molecule has 0 heterocycles. The summed E-state index contributed by atoms with van der Waals surface area (Å²) in [7, 11) is 0. The van der Waals surface area contributed by atoms with E-state index in [0.29, 0.717) is 5.78 Å². The predicted octanol–water partition coefficient (Wildman–Crippen LogP) is 3.74. The van der Waals surface area contributed by atoms with Crippen molar-refractivity contribution in [1.29, 1.82) is 0 Å². The standard InChI is InChI=1S/C12H22O/c1-6-10(7-2)11(8-3)12(13)9(4)5/h9H,6-8H2,1-5H3. The molecule has 0 aromatic carbocycles. The first-order chi connectivity index (χ1) is 6.08. The van der Waals surface area contributed by atoms with Crippen LogP contribution in [0, 0.1) is 5.92 Å². The van der Waals surface area contributed by atoms with Crippen LogP contribution in [0.5, 0.6) is 0 Å². The van der Waals surface area contributed by atoms with Gasteiger partial charge in [0.2, 0.25) is 0 Å². The van der Waals surface area contributed by atoms with Crippen LogP contribution >= 0.6 is 0 Å². The monoisotopic (exact) mass is 182 g/mol. The molecule has 0 saturated carbocycles. The molecule has 0 atom stereocenters. The van der Waals surface area contributed by atoms with Crippen molar-refractivity contribution < 1.29 is 4.79 Å². The smallest absolute Gasteiger partial charge is 0.161 e. The van der Waals surface area contributed by atoms with Crippen molar-refractivity contribution >= 4 is 5.78 Å². The molecule has 0 aliphatic heterocycles. The fourth-order valence-electron chi connectivity index (χ4n) is 1.62. The zero-order valence-electron chi connectivity index (χ0n) is 9.61. The van der Waals surface area contributed by atoms with Crippen LogP contribution in [0.3, 0.4) is 0 Å². The Morgan fingerprint density at radius 2 is 1.46 bits per heavy atom. The van der Waals surface area contributed by atoms with Gasteiger partial charge in [-0.15, -0.1) is 0 Å². The topological polar surface area (TPSA) is 17.1 Å². The Balaban J connectivity index is 4.84. The van der Waals surface area contributed by atoms with E-state index < -0.39 is 0 Å². The average Bonchev–Trinajstić information content (AvgIpc) is 2.12. The van der Waals surface area contributed by atoms with E-state index in [2.05, 4.69) is 20.8 Å². The number of allylic oxidation sites excluding steroid dienone is 2. The Labute approximate surface area is 82.2 Å². The van der Waals surface area contributed by atoms with Crippen LogP contribution in [0.4, 0.5) is 0 Å². The molecule has 13 heavy (non-hydrogen) atoms. The third-order valence-corrected chi connectivity index (χ3v) is 2.46. The van der Waals surface area contributed by atoms with Crippen molar-refractivity contribution in [3.8, 4) is 0 Å². The number of rotatable bonds is 5. The van der Waals surface area contributed by atoms with Gasteiger partial charge in [-0.3, -0.25) is 4.79 Å². The summed E-state index contributed by atoms with van der Waals surface area (Å²) >= 11 is 0. The second-order valence-corrected chi connectivity index (χ2v) is 3.66. The normalized spacial score (nSPS) is 10.3. The van der Waals surface area contributed by atoms with Crippen molar-refractivity contribution in [3.05, 3.63) is 11.1 Å². The van der Waals surface area contributed by atoms with Gasteiger partial charge in [0.25, 0.3) is 0 Å². The first-order valence-corrected chi connectivity index (χ1v) is 5.33. The zero-order chi connectivity index (χ0) is 10.4. The van der Waals surface area contributed by atoms with Crippen molar-refractivity contribution in [2.45, 2.75) is 53.9 Å². The minimum absolute atomic E-state index is 0.142. The quantitative estimate of drug-likeness (QED) is 0.592. The van der Waals surface area contributed by atoms with E-state index in [4.69, 9.17) is 0 Å². The van der Waals surface area contributed by atoms with Crippen LogP contribution < -0.4 is 0 Å². The van der Waals surface area contributed by atoms with Crippen LogP contribution in [0.2, 0.25) is 0 Å². The van der Waals surface area contributed by atoms with Crippen LogP contribution in [0.1, 0.15) is 53.9 Å². The molecular weight excluding hydrogens is 160 g/mol. The number of carbonyl (C=O) groups is 1. The maximum absolute atomic E-state index is 11.8. The van der Waals surface area contributed by atoms with E-state index in [-0.39, 0.29) is 5.92 Å². The number of ketones is 1. The number of Topliss-reactive ketones (excluding diaryl/α,β-unsaturated/α-hetero) is 1. The summed E-state index contributed by atoms with van der Waals surface area (Å²) in [5.74, 6) is 0.476. The summed E-state index contributed by atoms with van der Waals surface area (Å²) in [6.07, 6.45) is 2.91. The van der Waals surface area contributed by atoms with Crippen molar-refractivity contribution in [2.24, 2.45) is 5.92 Å². The van der Waals surface area contributed by atoms with E-state index in [0.717, 1.165) is 24.8 Å². The summed E-state index contributed by atoms with van der Waals surface area (Å²) in [4.78, 5) is 11.8. The van der Waals surface area contributed by atoms with E-state index >= 15 is 0 Å². The van der Waals surface area contributed by atoms with Gasteiger partial charge in [0.1, 0.15) is 0 Å². The molecule has 76 valence electrons. The zero-order valence-corrected chi connectivity index (χ0v) is 9.61. The fraction of sp³-hybridized carbons (Fsp3) is 0.750. The van der Waals surface area contributed by atoms with Crippen molar-refractivity contribution in [2.75, 3.05) is 0 Å². The largest absolute Gasteiger partial charge is 0.294 e. The van der Waals surface area contributed by atoms with Crippen LogP contribution in [-0.4, -0.2) is 5.78 Å². The maximum Gasteiger partial charge on any atom is 0.161 e. The summed E-state index contributed by atoms with van der Waals surface area (Å²) in [5, 5.41) is 0. The molecule has 1 heteroatoms. The lowest BCUT2D eigenvalue weighted by Crippen LogP contribution is -2.12. The molecule has 0 amide bonds. The highest BCUT2D eigenvalue weighted by Crippen LogP contribution is 2.19. The fourth-order valence-corrected chi connectivity index (χ4v) is 1.62. The number of hydrogen-bond donors (Lipinski definition) is 0. The lowest BCUT2D eigenvalue weighted by atomic mass is 9.92. The average molecular weight is 182 g/mol. The van der Waals surface area contributed by atoms with Gasteiger partial charge in [0.05, 0.1) is 0 Å². The molecule has 0 aromatic heterocycles. The van der Waals surface area contributed by atoms with E-state index in [9.17, 15) is 4.79 Å². The highest BCUT2D eigenvalue weighted by atomic mass is 16.1. The van der Waals surface area contributed by atoms with E-state index in [1.165, 1.54) is 5.57 Å². The molecule has 0 spiro atoms. The maximum atomic E-state index is 11.8. The van der Waals surface area contributed by atoms with Gasteiger partial charge in [0, 0.05) is 5.92 Å². The van der Waals surface area contributed by atoms with Crippen LogP contribution in [0.15, 0.2) is 11.1 Å². The molecule has 1 nitrogen and oxygen atoms in total. The Kier molecular flexibility index (Phi) is 5.68. The molecule has 0 unspecified atom stereocenters. The third kappa shape index (κ3) is 3.33. The van der Waals surface area contributed by atoms with Gasteiger partial charge < -0.3 is 0 Å². The van der Waals surface area contributed by atoms with Gasteiger partial charge in [-0.25, -0.2) is 0 Å². The van der Waals surface area contributed by atoms with Gasteiger partial charge in [-0.1, -0.05) is 40.2 Å². The summed E-state index contributed by atoms with van der Waals surface area (Å²) in [5.41, 5.74) is 2.40. The van der Waals surface area contributed by atoms with E-state index in [1.54, 1.807) is 0 Å². The van der Waals surface area contributed by atoms with Gasteiger partial charge in [0.15, 0.2) is 5.78 Å². The SMILES string of the molecule is CCC(CC)=C(CC)C(=O)C(C)C. The molecule has 0 radical (unpaired) electrons. The van der Waals surface area contributed by atoms with E-state index in [1.807, 2.05) is 13.8 Å². The van der Waals surface area contributed by atoms with Crippen LogP contribution in [-0.2, 0) is 4.79 Å². The van der Waals surface area contributed by atoms with Gasteiger partial charge in [-0.05, 0) is 24.8 Å². The molecule has 0 bridgehead atoms. The number of hydrogen-bond acceptors (Lipinski definition) is 1. The Morgan fingerprint density at radius 1 is 1.00 bits per heavy atom. The van der Waals surface area contributed by atoms with Crippen molar-refractivity contribution in [1.82, 2.24) is 0 Å². The highest BCUT2D eigenvalue weighted by Gasteiger charge is 2.14. The van der Waals surface area contributed by atoms with Gasteiger partial charge in [-0.2, -0.15) is 0 Å². The molecule has 0 aromatic rings. The first-order valence-electron chi connectivity index (χ1n) is 5.33. The second kappa shape index (κ2) is 5.95. The van der Waals surface area contributed by atoms with Crippen LogP contribution in [0.25, 0.3) is 0 Å². The third-order valence-electron chi connectivity index (χ3n) is 2.46. The molecule has 0 rings (SSSR count). The second-order valence-electron chi connectivity index (χ2n) is 3.66. The highest BCUT2D eigenvalue weighted by molar-refractivity contribution is 5.97. The molecule has 0 aliphatic rings. The predicted molar refractivity (Wildman–Crippen MR) is 57.7 cm³/mol. The summed E-state index contributed by atoms with van der Waals surface area (Å²) in [6, 6.07) is 0. The number of carbonyl (C=O) groups excluding carboxylic acids is 1. The Morgan fingerprint density at radius 3 is 1.69 bits per heavy atom. The summed E-state index contributed by atoms with van der Waals surface area (Å²) in [6.45, 7) is 10.3.